The molecule has 0 radical (unpaired) electrons. The summed E-state index contributed by atoms with van der Waals surface area (Å²) in [6.45, 7) is 2.12. The van der Waals surface area contributed by atoms with Crippen molar-refractivity contribution in [3.8, 4) is 5.75 Å². The van der Waals surface area contributed by atoms with Crippen molar-refractivity contribution in [1.82, 2.24) is 4.98 Å². The minimum Gasteiger partial charge on any atom is -0.438 e. The maximum Gasteiger partial charge on any atom is 0.286 e. The van der Waals surface area contributed by atoms with Gasteiger partial charge in [-0.3, -0.25) is 0 Å². The third-order valence-corrected chi connectivity index (χ3v) is 5.05. The molecule has 3 aromatic rings. The lowest BCUT2D eigenvalue weighted by Crippen LogP contribution is -2.40. The molecule has 0 unspecified atom stereocenters. The highest BCUT2D eigenvalue weighted by Crippen LogP contribution is 2.43. The van der Waals surface area contributed by atoms with E-state index in [-0.39, 0.29) is 0 Å². The van der Waals surface area contributed by atoms with Crippen LogP contribution in [-0.2, 0) is 6.54 Å². The van der Waals surface area contributed by atoms with Gasteiger partial charge in [0.1, 0.15) is 0 Å². The molecule has 4 rings (SSSR count). The van der Waals surface area contributed by atoms with E-state index in [1.54, 1.807) is 0 Å². The summed E-state index contributed by atoms with van der Waals surface area (Å²) in [5.74, 6) is 1.68. The van der Waals surface area contributed by atoms with Gasteiger partial charge in [0.2, 0.25) is 5.88 Å². The zero-order chi connectivity index (χ0) is 19.7. The Morgan fingerprint density at radius 1 is 1.11 bits per heavy atom. The maximum atomic E-state index is 6.10. The Balaban J connectivity index is 1.51. The number of anilines is 1. The summed E-state index contributed by atoms with van der Waals surface area (Å²) in [6, 6.07) is 14.6. The van der Waals surface area contributed by atoms with Crippen molar-refractivity contribution >= 4 is 22.5 Å². The van der Waals surface area contributed by atoms with Gasteiger partial charge in [0.25, 0.3) is 6.33 Å². The Bertz CT molecular complexity index is 1020. The number of quaternary nitrogens is 1. The molecular formula is C23H28N4O+2. The molecule has 0 fully saturated rings. The summed E-state index contributed by atoms with van der Waals surface area (Å²) in [5.41, 5.74) is 2.00. The number of fused-ring (bicyclic) bond motifs is 3. The lowest BCUT2D eigenvalue weighted by atomic mass is 10.1. The van der Waals surface area contributed by atoms with E-state index in [2.05, 4.69) is 72.1 Å². The molecule has 1 aliphatic heterocycles. The number of rotatable bonds is 5. The fraction of sp³-hybridized carbons (Fsp3) is 0.304. The number of hydrogen-bond acceptors (Lipinski definition) is 3. The van der Waals surface area contributed by atoms with Crippen LogP contribution in [0.3, 0.4) is 0 Å². The van der Waals surface area contributed by atoms with Crippen molar-refractivity contribution in [2.45, 2.75) is 13.0 Å². The second-order valence-electron chi connectivity index (χ2n) is 8.37. The first-order chi connectivity index (χ1) is 13.4. The Morgan fingerprint density at radius 2 is 1.93 bits per heavy atom. The predicted octanol–water partition coefficient (Wildman–Crippen LogP) is 3.45. The molecule has 0 aliphatic carbocycles. The number of ether oxygens (including phenoxy) is 1. The molecule has 144 valence electrons. The largest absolute Gasteiger partial charge is 0.438 e. The van der Waals surface area contributed by atoms with E-state index in [0.29, 0.717) is 0 Å². The average Bonchev–Trinajstić information content (AvgIpc) is 2.98. The first-order valence-electron chi connectivity index (χ1n) is 9.71. The summed E-state index contributed by atoms with van der Waals surface area (Å²) in [6.07, 6.45) is 7.11. The van der Waals surface area contributed by atoms with Crippen LogP contribution in [0.5, 0.6) is 5.75 Å². The zero-order valence-electron chi connectivity index (χ0n) is 17.1. The van der Waals surface area contributed by atoms with Crippen LogP contribution in [0.25, 0.3) is 16.8 Å². The van der Waals surface area contributed by atoms with Crippen LogP contribution in [0.15, 0.2) is 60.9 Å². The quantitative estimate of drug-likeness (QED) is 0.505. The molecule has 0 amide bonds. The number of aryl methyl sites for hydroxylation is 1. The van der Waals surface area contributed by atoms with E-state index >= 15 is 0 Å². The van der Waals surface area contributed by atoms with Crippen molar-refractivity contribution < 1.29 is 13.8 Å². The fourth-order valence-corrected chi connectivity index (χ4v) is 3.55. The molecule has 0 spiro atoms. The molecule has 0 N–H and O–H groups in total. The second kappa shape index (κ2) is 7.24. The van der Waals surface area contributed by atoms with Crippen molar-refractivity contribution in [3.63, 3.8) is 0 Å². The maximum absolute atomic E-state index is 6.10. The number of benzene rings is 2. The first-order valence-corrected chi connectivity index (χ1v) is 9.71. The topological polar surface area (TPSA) is 29.2 Å². The SMILES string of the molecule is CN1C(=Cc2cc[n+](CCC[N+](C)(C)C)cn2)Oc2ccc3ccccc3c21. The van der Waals surface area contributed by atoms with Gasteiger partial charge in [-0.05, 0) is 16.4 Å². The number of hydrogen-bond donors (Lipinski definition) is 0. The van der Waals surface area contributed by atoms with Crippen molar-refractivity contribution in [1.29, 1.82) is 0 Å². The fourth-order valence-electron chi connectivity index (χ4n) is 3.55. The smallest absolute Gasteiger partial charge is 0.286 e. The second-order valence-corrected chi connectivity index (χ2v) is 8.37. The molecule has 5 nitrogen and oxygen atoms in total. The Labute approximate surface area is 166 Å². The Morgan fingerprint density at radius 3 is 2.68 bits per heavy atom. The van der Waals surface area contributed by atoms with Crippen LogP contribution < -0.4 is 14.2 Å². The predicted molar refractivity (Wildman–Crippen MR) is 113 cm³/mol. The zero-order valence-corrected chi connectivity index (χ0v) is 17.1. The Hall–Kier alpha value is -2.92. The third-order valence-electron chi connectivity index (χ3n) is 5.05. The van der Waals surface area contributed by atoms with Crippen LogP contribution >= 0.6 is 0 Å². The monoisotopic (exact) mass is 376 g/mol. The van der Waals surface area contributed by atoms with Crippen molar-refractivity contribution in [2.24, 2.45) is 0 Å². The van der Waals surface area contributed by atoms with Gasteiger partial charge in [0, 0.05) is 24.9 Å². The van der Waals surface area contributed by atoms with Crippen LogP contribution in [0.2, 0.25) is 0 Å². The van der Waals surface area contributed by atoms with E-state index in [4.69, 9.17) is 4.74 Å². The summed E-state index contributed by atoms with van der Waals surface area (Å²) in [4.78, 5) is 6.69. The molecule has 1 aliphatic rings. The minimum absolute atomic E-state index is 0.793. The van der Waals surface area contributed by atoms with Gasteiger partial charge >= 0.3 is 0 Å². The first kappa shape index (κ1) is 18.4. The highest BCUT2D eigenvalue weighted by atomic mass is 16.5. The molecule has 0 atom stereocenters. The molecule has 0 saturated heterocycles. The van der Waals surface area contributed by atoms with Gasteiger partial charge in [0.05, 0.1) is 52.2 Å². The van der Waals surface area contributed by atoms with Crippen molar-refractivity contribution in [3.05, 3.63) is 66.6 Å². The Kier molecular flexibility index (Phi) is 4.77. The molecular weight excluding hydrogens is 348 g/mol. The lowest BCUT2D eigenvalue weighted by molar-refractivity contribution is -0.873. The highest BCUT2D eigenvalue weighted by Gasteiger charge is 2.25. The summed E-state index contributed by atoms with van der Waals surface area (Å²) in [7, 11) is 8.70. The van der Waals surface area contributed by atoms with Gasteiger partial charge in [0.15, 0.2) is 11.4 Å². The number of nitrogens with zero attached hydrogens (tertiary/aromatic N) is 4. The van der Waals surface area contributed by atoms with Gasteiger partial charge in [-0.2, -0.15) is 0 Å². The van der Waals surface area contributed by atoms with Crippen LogP contribution in [-0.4, -0.2) is 44.2 Å². The highest BCUT2D eigenvalue weighted by molar-refractivity contribution is 5.99. The van der Waals surface area contributed by atoms with Gasteiger partial charge < -0.3 is 14.1 Å². The minimum atomic E-state index is 0.793. The molecule has 5 heteroatoms. The van der Waals surface area contributed by atoms with Crippen molar-refractivity contribution in [2.75, 3.05) is 39.6 Å². The molecule has 1 aromatic heterocycles. The van der Waals surface area contributed by atoms with Crippen LogP contribution in [0.1, 0.15) is 12.1 Å². The summed E-state index contributed by atoms with van der Waals surface area (Å²) >= 11 is 0. The van der Waals surface area contributed by atoms with Gasteiger partial charge in [-0.25, -0.2) is 4.57 Å². The van der Waals surface area contributed by atoms with Crippen LogP contribution in [0, 0.1) is 0 Å². The summed E-state index contributed by atoms with van der Waals surface area (Å²) < 4.78 is 9.22. The molecule has 0 saturated carbocycles. The average molecular weight is 377 g/mol. The standard InChI is InChI=1S/C23H28N4O/c1-25-22(28-21-11-10-18-8-5-6-9-20(18)23(21)25)16-19-12-14-26(17-24-19)13-7-15-27(2,3)4/h5-6,8-12,14,16-17H,7,13,15H2,1-4H3/q+2. The van der Waals surface area contributed by atoms with E-state index in [1.807, 2.05) is 31.6 Å². The molecule has 2 heterocycles. The lowest BCUT2D eigenvalue weighted by Gasteiger charge is -2.23. The van der Waals surface area contributed by atoms with E-state index in [9.17, 15) is 0 Å². The van der Waals surface area contributed by atoms with Gasteiger partial charge in [-0.1, -0.05) is 30.3 Å². The molecule has 2 aromatic carbocycles. The van der Waals surface area contributed by atoms with E-state index in [0.717, 1.165) is 47.0 Å². The van der Waals surface area contributed by atoms with E-state index < -0.39 is 0 Å². The number of aromatic nitrogens is 2. The molecule has 0 bridgehead atoms. The summed E-state index contributed by atoms with van der Waals surface area (Å²) in [5, 5.41) is 2.41. The van der Waals surface area contributed by atoms with Gasteiger partial charge in [-0.15, -0.1) is 0 Å². The molecule has 28 heavy (non-hydrogen) atoms. The van der Waals surface area contributed by atoms with E-state index in [1.165, 1.54) is 10.8 Å². The van der Waals surface area contributed by atoms with Crippen LogP contribution in [0.4, 0.5) is 5.69 Å². The normalized spacial score (nSPS) is 15.1. The third kappa shape index (κ3) is 3.85.